The number of amides is 1. The molecule has 4 rings (SSSR count). The molecule has 0 unspecified atom stereocenters. The summed E-state index contributed by atoms with van der Waals surface area (Å²) in [4.78, 5) is 19.1. The molecular weight excluding hydrogens is 482 g/mol. The average Bonchev–Trinajstić information content (AvgIpc) is 2.93. The smallest absolute Gasteiger partial charge is 0.257 e. The van der Waals surface area contributed by atoms with Crippen molar-refractivity contribution in [3.05, 3.63) is 97.4 Å². The number of halogens is 4. The zero-order chi connectivity index (χ0) is 20.8. The van der Waals surface area contributed by atoms with Crippen LogP contribution in [0.25, 0.3) is 0 Å². The number of hydrogen-bond donors (Lipinski definition) is 0. The van der Waals surface area contributed by atoms with E-state index in [1.54, 1.807) is 42.5 Å². The number of fused-ring (bicyclic) bond motifs is 1. The van der Waals surface area contributed by atoms with Crippen molar-refractivity contribution in [3.8, 4) is 0 Å². The van der Waals surface area contributed by atoms with E-state index in [-0.39, 0.29) is 23.6 Å². The molecule has 0 aliphatic carbocycles. The van der Waals surface area contributed by atoms with E-state index in [1.807, 2.05) is 0 Å². The molecule has 29 heavy (non-hydrogen) atoms. The fourth-order valence-corrected chi connectivity index (χ4v) is 4.33. The second-order valence-corrected chi connectivity index (χ2v) is 8.31. The molecule has 0 fully saturated rings. The second-order valence-electron chi connectivity index (χ2n) is 6.52. The molecule has 2 aromatic carbocycles. The number of benzene rings is 2. The standard InChI is InChI=1S/C21H14BrCl2FN2O2/c1-29-21(12-2-4-14(23)5-3-12)19-17(8-13(22)9-18(19)25)20(28)27(21)11-16-7-6-15(24)10-26-16/h2-10H,11H2,1H3/t21-/m1/s1. The fourth-order valence-electron chi connectivity index (χ4n) is 3.66. The summed E-state index contributed by atoms with van der Waals surface area (Å²) in [6.45, 7) is 0.0954. The largest absolute Gasteiger partial charge is 0.350 e. The van der Waals surface area contributed by atoms with Gasteiger partial charge in [-0.3, -0.25) is 14.7 Å². The quantitative estimate of drug-likeness (QED) is 0.459. The summed E-state index contributed by atoms with van der Waals surface area (Å²) in [5.74, 6) is -0.917. The van der Waals surface area contributed by atoms with E-state index in [0.29, 0.717) is 25.8 Å². The predicted octanol–water partition coefficient (Wildman–Crippen LogP) is 5.79. The number of rotatable bonds is 4. The summed E-state index contributed by atoms with van der Waals surface area (Å²) in [6, 6.07) is 13.1. The molecule has 4 nitrogen and oxygen atoms in total. The summed E-state index contributed by atoms with van der Waals surface area (Å²) in [7, 11) is 1.45. The lowest BCUT2D eigenvalue weighted by atomic mass is 9.93. The zero-order valence-electron chi connectivity index (χ0n) is 15.1. The minimum Gasteiger partial charge on any atom is -0.350 e. The lowest BCUT2D eigenvalue weighted by Crippen LogP contribution is -2.46. The highest BCUT2D eigenvalue weighted by Gasteiger charge is 2.53. The Kier molecular flexibility index (Phi) is 5.38. The minimum absolute atomic E-state index is 0.0954. The van der Waals surface area contributed by atoms with E-state index in [1.165, 1.54) is 24.3 Å². The van der Waals surface area contributed by atoms with E-state index < -0.39 is 11.5 Å². The van der Waals surface area contributed by atoms with Gasteiger partial charge in [-0.1, -0.05) is 51.3 Å². The number of pyridine rings is 1. The maximum atomic E-state index is 15.2. The van der Waals surface area contributed by atoms with Crippen LogP contribution < -0.4 is 0 Å². The molecule has 8 heteroatoms. The Bertz CT molecular complexity index is 1090. The molecule has 0 spiro atoms. The van der Waals surface area contributed by atoms with Crippen LogP contribution in [0.3, 0.4) is 0 Å². The molecule has 1 amide bonds. The van der Waals surface area contributed by atoms with E-state index in [0.717, 1.165) is 0 Å². The first kappa shape index (κ1) is 20.3. The highest BCUT2D eigenvalue weighted by atomic mass is 79.9. The third-order valence-electron chi connectivity index (χ3n) is 4.89. The molecule has 3 aromatic rings. The molecule has 0 bridgehead atoms. The maximum Gasteiger partial charge on any atom is 0.257 e. The molecule has 1 aromatic heterocycles. The zero-order valence-corrected chi connectivity index (χ0v) is 18.2. The van der Waals surface area contributed by atoms with Crippen molar-refractivity contribution in [2.24, 2.45) is 0 Å². The summed E-state index contributed by atoms with van der Waals surface area (Å²) < 4.78 is 21.6. The van der Waals surface area contributed by atoms with Crippen LogP contribution in [-0.2, 0) is 17.0 Å². The number of ether oxygens (including phenoxy) is 1. The Labute approximate surface area is 185 Å². The van der Waals surface area contributed by atoms with Gasteiger partial charge in [0, 0.05) is 28.4 Å². The Hall–Kier alpha value is -1.99. The second kappa shape index (κ2) is 7.69. The number of hydrogen-bond acceptors (Lipinski definition) is 3. The van der Waals surface area contributed by atoms with E-state index in [2.05, 4.69) is 20.9 Å². The Morgan fingerprint density at radius 1 is 1.14 bits per heavy atom. The Morgan fingerprint density at radius 2 is 1.83 bits per heavy atom. The van der Waals surface area contributed by atoms with Gasteiger partial charge in [0.15, 0.2) is 5.72 Å². The van der Waals surface area contributed by atoms with Crippen LogP contribution in [0.2, 0.25) is 10.0 Å². The average molecular weight is 496 g/mol. The fraction of sp³-hybridized carbons (Fsp3) is 0.143. The third kappa shape index (κ3) is 3.34. The van der Waals surface area contributed by atoms with Crippen molar-refractivity contribution in [2.75, 3.05) is 7.11 Å². The minimum atomic E-state index is -1.47. The van der Waals surface area contributed by atoms with E-state index in [9.17, 15) is 4.79 Å². The van der Waals surface area contributed by atoms with Crippen LogP contribution in [0, 0.1) is 5.82 Å². The van der Waals surface area contributed by atoms with Crippen LogP contribution in [0.15, 0.2) is 59.2 Å². The van der Waals surface area contributed by atoms with Gasteiger partial charge in [-0.05, 0) is 36.4 Å². The van der Waals surface area contributed by atoms with E-state index >= 15 is 4.39 Å². The van der Waals surface area contributed by atoms with E-state index in [4.69, 9.17) is 27.9 Å². The van der Waals surface area contributed by atoms with Gasteiger partial charge in [-0.25, -0.2) is 4.39 Å². The van der Waals surface area contributed by atoms with Gasteiger partial charge in [0.25, 0.3) is 5.91 Å². The number of nitrogens with zero attached hydrogens (tertiary/aromatic N) is 2. The molecule has 0 radical (unpaired) electrons. The first-order chi connectivity index (χ1) is 13.9. The van der Waals surface area contributed by atoms with Crippen LogP contribution >= 0.6 is 39.1 Å². The highest BCUT2D eigenvalue weighted by molar-refractivity contribution is 9.10. The summed E-state index contributed by atoms with van der Waals surface area (Å²) >= 11 is 15.2. The van der Waals surface area contributed by atoms with Crippen LogP contribution in [0.4, 0.5) is 4.39 Å². The summed E-state index contributed by atoms with van der Waals surface area (Å²) in [5, 5.41) is 1.00. The molecule has 0 saturated carbocycles. The first-order valence-electron chi connectivity index (χ1n) is 8.60. The van der Waals surface area contributed by atoms with Crippen molar-refractivity contribution in [1.82, 2.24) is 9.88 Å². The number of aromatic nitrogens is 1. The van der Waals surface area contributed by atoms with Crippen LogP contribution in [-0.4, -0.2) is 22.9 Å². The van der Waals surface area contributed by atoms with Gasteiger partial charge < -0.3 is 4.74 Å². The van der Waals surface area contributed by atoms with Crippen molar-refractivity contribution >= 4 is 45.0 Å². The van der Waals surface area contributed by atoms with Crippen molar-refractivity contribution in [3.63, 3.8) is 0 Å². The van der Waals surface area contributed by atoms with Crippen molar-refractivity contribution in [2.45, 2.75) is 12.3 Å². The van der Waals surface area contributed by atoms with Crippen LogP contribution in [0.5, 0.6) is 0 Å². The van der Waals surface area contributed by atoms with Gasteiger partial charge in [0.1, 0.15) is 5.82 Å². The highest BCUT2D eigenvalue weighted by Crippen LogP contribution is 2.47. The van der Waals surface area contributed by atoms with Crippen molar-refractivity contribution < 1.29 is 13.9 Å². The SMILES string of the molecule is CO[C@]1(c2ccc(Cl)cc2)c2c(F)cc(Br)cc2C(=O)N1Cc1ccc(Cl)cn1. The van der Waals surface area contributed by atoms with Crippen LogP contribution in [0.1, 0.15) is 27.2 Å². The molecule has 0 saturated heterocycles. The number of methoxy groups -OCH3 is 1. The van der Waals surface area contributed by atoms with Gasteiger partial charge in [0.05, 0.1) is 28.4 Å². The third-order valence-corrected chi connectivity index (χ3v) is 5.82. The van der Waals surface area contributed by atoms with Gasteiger partial charge >= 0.3 is 0 Å². The Morgan fingerprint density at radius 3 is 2.45 bits per heavy atom. The molecule has 1 atom stereocenters. The molecule has 2 heterocycles. The lowest BCUT2D eigenvalue weighted by molar-refractivity contribution is -0.0885. The summed E-state index contributed by atoms with van der Waals surface area (Å²) in [6.07, 6.45) is 1.50. The molecule has 148 valence electrons. The predicted molar refractivity (Wildman–Crippen MR) is 112 cm³/mol. The Balaban J connectivity index is 1.95. The normalized spacial score (nSPS) is 18.2. The van der Waals surface area contributed by atoms with Crippen molar-refractivity contribution in [1.29, 1.82) is 0 Å². The maximum absolute atomic E-state index is 15.2. The molecule has 1 aliphatic heterocycles. The lowest BCUT2D eigenvalue weighted by Gasteiger charge is -2.38. The molecule has 1 aliphatic rings. The van der Waals surface area contributed by atoms with Gasteiger partial charge in [-0.2, -0.15) is 0 Å². The first-order valence-corrected chi connectivity index (χ1v) is 10.1. The molecule has 0 N–H and O–H groups in total. The topological polar surface area (TPSA) is 42.4 Å². The monoisotopic (exact) mass is 494 g/mol. The molecular formula is C21H14BrCl2FN2O2. The number of carbonyl (C=O) groups excluding carboxylic acids is 1. The van der Waals surface area contributed by atoms with Gasteiger partial charge in [-0.15, -0.1) is 0 Å². The number of carbonyl (C=O) groups is 1. The van der Waals surface area contributed by atoms with Gasteiger partial charge in [0.2, 0.25) is 0 Å². The summed E-state index contributed by atoms with van der Waals surface area (Å²) in [5.41, 5.74) is 0.0764.